The number of hydrogen-bond donors (Lipinski definition) is 1. The number of fused-ring (bicyclic) bond motifs is 1. The molecule has 0 saturated heterocycles. The molecule has 0 aliphatic heterocycles. The summed E-state index contributed by atoms with van der Waals surface area (Å²) >= 11 is 0. The Morgan fingerprint density at radius 3 is 2.33 bits per heavy atom. The lowest BCUT2D eigenvalue weighted by Gasteiger charge is -2.09. The van der Waals surface area contributed by atoms with E-state index in [1.165, 1.54) is 50.7 Å². The van der Waals surface area contributed by atoms with Crippen LogP contribution in [-0.2, 0) is 21.2 Å². The first-order valence-corrected chi connectivity index (χ1v) is 9.35. The molecule has 0 atom stereocenters. The van der Waals surface area contributed by atoms with Gasteiger partial charge in [0, 0.05) is 20.7 Å². The van der Waals surface area contributed by atoms with E-state index in [1.807, 2.05) is 0 Å². The molecule has 0 radical (unpaired) electrons. The molecule has 0 bridgehead atoms. The van der Waals surface area contributed by atoms with E-state index >= 15 is 0 Å². The van der Waals surface area contributed by atoms with Crippen LogP contribution in [-0.4, -0.2) is 37.7 Å². The minimum Gasteiger partial charge on any atom is -0.497 e. The molecule has 0 amide bonds. The molecule has 8 heteroatoms. The van der Waals surface area contributed by atoms with Gasteiger partial charge in [-0.15, -0.1) is 0 Å². The molecule has 0 saturated carbocycles. The second kappa shape index (κ2) is 7.32. The fourth-order valence-corrected chi connectivity index (χ4v) is 4.14. The fraction of sp³-hybridized carbons (Fsp3) is 0.211. The highest BCUT2D eigenvalue weighted by molar-refractivity contribution is 7.90. The van der Waals surface area contributed by atoms with Gasteiger partial charge in [0.15, 0.2) is 0 Å². The fourth-order valence-electron chi connectivity index (χ4n) is 2.74. The van der Waals surface area contributed by atoms with E-state index in [2.05, 4.69) is 0 Å². The van der Waals surface area contributed by atoms with Gasteiger partial charge in [-0.3, -0.25) is 4.79 Å². The number of aromatic nitrogens is 1. The molecule has 142 valence electrons. The van der Waals surface area contributed by atoms with Crippen LogP contribution in [0.1, 0.15) is 14.7 Å². The third-order valence-corrected chi connectivity index (χ3v) is 5.79. The van der Waals surface area contributed by atoms with Crippen molar-refractivity contribution in [1.82, 2.24) is 3.97 Å². The summed E-state index contributed by atoms with van der Waals surface area (Å²) in [4.78, 5) is 11.2. The highest BCUT2D eigenvalue weighted by Gasteiger charge is 2.22. The first-order chi connectivity index (χ1) is 13.6. The van der Waals surface area contributed by atoms with Crippen molar-refractivity contribution in [2.75, 3.05) is 14.2 Å². The van der Waals surface area contributed by atoms with Crippen LogP contribution in [0.25, 0.3) is 10.9 Å². The molecule has 0 unspecified atom stereocenters. The van der Waals surface area contributed by atoms with Crippen molar-refractivity contribution in [3.8, 4) is 11.5 Å². The lowest BCUT2D eigenvalue weighted by molar-refractivity contribution is -0.136. The molecule has 3 aromatic rings. The average molecular weight is 391 g/mol. The molecule has 27 heavy (non-hydrogen) atoms. The van der Waals surface area contributed by atoms with Gasteiger partial charge in [0.05, 0.1) is 24.6 Å². The van der Waals surface area contributed by atoms with Crippen LogP contribution in [0, 0.1) is 0 Å². The predicted octanol–water partition coefficient (Wildman–Crippen LogP) is 2.91. The average Bonchev–Trinajstić information content (AvgIpc) is 3.05. The third-order valence-electron chi connectivity index (χ3n) is 4.11. The number of rotatable bonds is 7. The Labute approximate surface area is 159 Å². The van der Waals surface area contributed by atoms with Crippen LogP contribution in [0.15, 0.2) is 53.6 Å². The van der Waals surface area contributed by atoms with E-state index in [0.717, 1.165) is 3.97 Å². The number of nitrogens with zero attached hydrogens (tertiary/aromatic N) is 1. The third kappa shape index (κ3) is 3.61. The summed E-state index contributed by atoms with van der Waals surface area (Å²) in [6.07, 6.45) is -1.81. The number of benzene rings is 2. The van der Waals surface area contributed by atoms with Gasteiger partial charge >= 0.3 is 5.97 Å². The van der Waals surface area contributed by atoms with E-state index < -0.39 is 28.8 Å². The van der Waals surface area contributed by atoms with Crippen molar-refractivity contribution in [1.29, 1.82) is 0 Å². The normalized spacial score (nSPS) is 13.1. The van der Waals surface area contributed by atoms with Gasteiger partial charge in [0.25, 0.3) is 10.0 Å². The molecular weight excluding hydrogens is 370 g/mol. The summed E-state index contributed by atoms with van der Waals surface area (Å²) in [5, 5.41) is 9.53. The topological polar surface area (TPSA) is 94.8 Å². The quantitative estimate of drug-likeness (QED) is 0.665. The number of hydrogen-bond acceptors (Lipinski definition) is 5. The number of carbonyl (C=O) groups is 1. The minimum absolute atomic E-state index is 0.0128. The molecule has 1 aromatic heterocycles. The number of carboxylic acid groups (broad SMARTS) is 1. The zero-order valence-electron chi connectivity index (χ0n) is 16.7. The summed E-state index contributed by atoms with van der Waals surface area (Å²) < 4.78 is 53.1. The van der Waals surface area contributed by atoms with Gasteiger partial charge in [0.1, 0.15) is 11.5 Å². The monoisotopic (exact) mass is 391 g/mol. The molecule has 1 heterocycles. The maximum atomic E-state index is 13.2. The second-order valence-corrected chi connectivity index (χ2v) is 7.49. The lowest BCUT2D eigenvalue weighted by atomic mass is 10.1. The Morgan fingerprint density at radius 2 is 1.74 bits per heavy atom. The Bertz CT molecular complexity index is 1170. The van der Waals surface area contributed by atoms with E-state index in [-0.39, 0.29) is 16.0 Å². The predicted molar refractivity (Wildman–Crippen MR) is 100 cm³/mol. The highest BCUT2D eigenvalue weighted by Crippen LogP contribution is 2.30. The van der Waals surface area contributed by atoms with Crippen molar-refractivity contribution in [2.24, 2.45) is 0 Å². The zero-order chi connectivity index (χ0) is 21.4. The van der Waals surface area contributed by atoms with Gasteiger partial charge in [-0.05, 0) is 54.4 Å². The Morgan fingerprint density at radius 1 is 1.11 bits per heavy atom. The van der Waals surface area contributed by atoms with Crippen LogP contribution >= 0.6 is 0 Å². The first kappa shape index (κ1) is 16.2. The molecule has 0 aliphatic carbocycles. The largest absolute Gasteiger partial charge is 0.497 e. The van der Waals surface area contributed by atoms with Crippen LogP contribution in [0.3, 0.4) is 0 Å². The van der Waals surface area contributed by atoms with Crippen molar-refractivity contribution >= 4 is 26.9 Å². The molecule has 7 nitrogen and oxygen atoms in total. The first-order valence-electron chi connectivity index (χ1n) is 8.91. The van der Waals surface area contributed by atoms with Crippen molar-refractivity contribution in [3.05, 3.63) is 54.2 Å². The molecule has 2 aromatic carbocycles. The molecule has 0 spiro atoms. The summed E-state index contributed by atoms with van der Waals surface area (Å²) in [6, 6.07) is 10.5. The number of aryl methyl sites for hydroxylation is 1. The highest BCUT2D eigenvalue weighted by atomic mass is 32.2. The van der Waals surface area contributed by atoms with Crippen molar-refractivity contribution in [2.45, 2.75) is 17.7 Å². The van der Waals surface area contributed by atoms with Crippen LogP contribution in [0.4, 0.5) is 0 Å². The van der Waals surface area contributed by atoms with Gasteiger partial charge in [-0.1, -0.05) is 0 Å². The summed E-state index contributed by atoms with van der Waals surface area (Å²) in [7, 11) is -1.10. The molecular formula is C19H19NO6S. The smallest absolute Gasteiger partial charge is 0.303 e. The summed E-state index contributed by atoms with van der Waals surface area (Å²) in [5.74, 6) is -0.685. The van der Waals surface area contributed by atoms with Crippen LogP contribution in [0.2, 0.25) is 0 Å². The minimum atomic E-state index is -4.01. The zero-order valence-corrected chi connectivity index (χ0v) is 15.5. The number of methoxy groups -OCH3 is 2. The lowest BCUT2D eigenvalue weighted by Crippen LogP contribution is -2.11. The Kier molecular flexibility index (Phi) is 4.39. The van der Waals surface area contributed by atoms with Crippen LogP contribution in [0.5, 0.6) is 11.5 Å². The summed E-state index contributed by atoms with van der Waals surface area (Å²) in [6.45, 7) is 0. The molecule has 3 rings (SSSR count). The van der Waals surface area contributed by atoms with E-state index in [4.69, 9.17) is 17.3 Å². The number of carboxylic acids is 1. The standard InChI is InChI=1S/C19H19NO6S/c1-25-14-4-7-16(8-5-14)27(23,24)20-12-13(3-10-19(21)22)17-11-15(26-2)6-9-18(17)20/h4-9,11-12H,3,10H2,1-2H3,(H,21,22)/i10D2. The summed E-state index contributed by atoms with van der Waals surface area (Å²) in [5.41, 5.74) is 0.529. The number of ether oxygens (including phenoxy) is 2. The van der Waals surface area contributed by atoms with Gasteiger partial charge in [-0.2, -0.15) is 0 Å². The van der Waals surface area contributed by atoms with Crippen molar-refractivity contribution < 1.29 is 30.5 Å². The second-order valence-electron chi connectivity index (χ2n) is 5.67. The van der Waals surface area contributed by atoms with Crippen LogP contribution < -0.4 is 9.47 Å². The molecule has 0 aliphatic rings. The number of aliphatic carboxylic acids is 1. The molecule has 1 N–H and O–H groups in total. The van der Waals surface area contributed by atoms with E-state index in [0.29, 0.717) is 16.9 Å². The maximum Gasteiger partial charge on any atom is 0.303 e. The van der Waals surface area contributed by atoms with Gasteiger partial charge < -0.3 is 14.6 Å². The van der Waals surface area contributed by atoms with Crippen molar-refractivity contribution in [3.63, 3.8) is 0 Å². The SMILES string of the molecule is [2H]C([2H])(Cc1cn(S(=O)(=O)c2ccc(OC)cc2)c2ccc(OC)cc12)C(=O)O. The van der Waals surface area contributed by atoms with E-state index in [1.54, 1.807) is 12.1 Å². The van der Waals surface area contributed by atoms with E-state index in [9.17, 15) is 13.2 Å². The maximum absolute atomic E-state index is 13.2. The van der Waals surface area contributed by atoms with Gasteiger partial charge in [-0.25, -0.2) is 12.4 Å². The Balaban J connectivity index is 2.20. The Hall–Kier alpha value is -3.00. The van der Waals surface area contributed by atoms with Gasteiger partial charge in [0.2, 0.25) is 0 Å². The molecule has 0 fully saturated rings.